The summed E-state index contributed by atoms with van der Waals surface area (Å²) in [6.07, 6.45) is 0. The van der Waals surface area contributed by atoms with Crippen molar-refractivity contribution < 1.29 is 35.8 Å². The van der Waals surface area contributed by atoms with Crippen LogP contribution in [0.5, 0.6) is 5.75 Å². The van der Waals surface area contributed by atoms with Crippen LogP contribution >= 0.6 is 0 Å². The molecule has 5 heteroatoms. The zero-order chi connectivity index (χ0) is 11.4. The molecule has 0 unspecified atom stereocenters. The maximum absolute atomic E-state index is 11.6. The number of carbonyl (C=O) groups is 1. The first kappa shape index (κ1) is 13.7. The first-order valence-corrected chi connectivity index (χ1v) is 5.23. The highest BCUT2D eigenvalue weighted by Crippen LogP contribution is 2.08. The van der Waals surface area contributed by atoms with E-state index in [1.54, 1.807) is 12.1 Å². The first-order chi connectivity index (χ1) is 7.75. The molecule has 0 aliphatic carbocycles. The Labute approximate surface area is 111 Å². The lowest BCUT2D eigenvalue weighted by Crippen LogP contribution is -3.00. The van der Waals surface area contributed by atoms with Crippen molar-refractivity contribution in [2.24, 2.45) is 0 Å². The van der Waals surface area contributed by atoms with Crippen LogP contribution in [-0.2, 0) is 9.53 Å². The fourth-order valence-electron chi connectivity index (χ4n) is 1.55. The van der Waals surface area contributed by atoms with Crippen LogP contribution in [0, 0.1) is 0 Å². The second kappa shape index (κ2) is 6.39. The predicted molar refractivity (Wildman–Crippen MR) is 58.7 cm³/mol. The summed E-state index contributed by atoms with van der Waals surface area (Å²) in [5.74, 6) is 1.09. The summed E-state index contributed by atoms with van der Waals surface area (Å²) in [6.45, 7) is 3.48. The molecule has 4 nitrogen and oxygen atoms in total. The van der Waals surface area contributed by atoms with Gasteiger partial charge in [-0.3, -0.25) is 0 Å². The second-order valence-corrected chi connectivity index (χ2v) is 3.58. The van der Waals surface area contributed by atoms with E-state index in [1.165, 1.54) is 0 Å². The molecule has 0 aromatic heterocycles. The van der Waals surface area contributed by atoms with E-state index < -0.39 is 0 Å². The van der Waals surface area contributed by atoms with Gasteiger partial charge in [0.2, 0.25) is 6.54 Å². The van der Waals surface area contributed by atoms with Crippen LogP contribution in [-0.4, -0.2) is 36.1 Å². The van der Waals surface area contributed by atoms with Crippen LogP contribution in [0.3, 0.4) is 0 Å². The van der Waals surface area contributed by atoms with Crippen molar-refractivity contribution in [3.63, 3.8) is 0 Å². The van der Waals surface area contributed by atoms with Crippen molar-refractivity contribution in [2.75, 3.05) is 19.7 Å². The molecule has 1 aliphatic rings. The van der Waals surface area contributed by atoms with Crippen LogP contribution in [0.4, 0.5) is 0 Å². The third-order valence-electron chi connectivity index (χ3n) is 2.41. The lowest BCUT2D eigenvalue weighted by atomic mass is 10.3. The van der Waals surface area contributed by atoms with Gasteiger partial charge in [0.05, 0.1) is 6.92 Å². The van der Waals surface area contributed by atoms with Crippen LogP contribution in [0.25, 0.3) is 0 Å². The Kier molecular flexibility index (Phi) is 5.15. The first-order valence-electron chi connectivity index (χ1n) is 5.23. The number of halogens is 1. The van der Waals surface area contributed by atoms with E-state index >= 15 is 0 Å². The zero-order valence-corrected chi connectivity index (χ0v) is 11.1. The SMILES string of the molecule is CC1=[N+](CC(=O)Oc2ccccc2)CCO1.[Br-]. The zero-order valence-electron chi connectivity index (χ0n) is 9.56. The Morgan fingerprint density at radius 2 is 2.12 bits per heavy atom. The van der Waals surface area contributed by atoms with Gasteiger partial charge < -0.3 is 26.5 Å². The molecule has 1 heterocycles. The highest BCUT2D eigenvalue weighted by molar-refractivity contribution is 5.75. The molecule has 1 aromatic rings. The topological polar surface area (TPSA) is 38.5 Å². The number of carbonyl (C=O) groups excluding carboxylic acids is 1. The summed E-state index contributed by atoms with van der Waals surface area (Å²) in [4.78, 5) is 11.6. The van der Waals surface area contributed by atoms with Crippen molar-refractivity contribution in [1.29, 1.82) is 0 Å². The number of nitrogens with zero attached hydrogens (tertiary/aromatic N) is 1. The third kappa shape index (κ3) is 3.85. The van der Waals surface area contributed by atoms with Gasteiger partial charge in [0.15, 0.2) is 13.2 Å². The molecule has 0 radical (unpaired) electrons. The average Bonchev–Trinajstić information content (AvgIpc) is 2.66. The molecule has 17 heavy (non-hydrogen) atoms. The Morgan fingerprint density at radius 1 is 1.41 bits per heavy atom. The lowest BCUT2D eigenvalue weighted by Gasteiger charge is -2.01. The van der Waals surface area contributed by atoms with Crippen LogP contribution < -0.4 is 21.7 Å². The summed E-state index contributed by atoms with van der Waals surface area (Å²) < 4.78 is 12.3. The lowest BCUT2D eigenvalue weighted by molar-refractivity contribution is -0.508. The Hall–Kier alpha value is -1.36. The highest BCUT2D eigenvalue weighted by Gasteiger charge is 2.23. The van der Waals surface area contributed by atoms with E-state index in [-0.39, 0.29) is 29.5 Å². The van der Waals surface area contributed by atoms with E-state index in [4.69, 9.17) is 9.47 Å². The summed E-state index contributed by atoms with van der Waals surface area (Å²) in [6, 6.07) is 9.06. The molecule has 0 spiro atoms. The number of hydrogen-bond acceptors (Lipinski definition) is 3. The highest BCUT2D eigenvalue weighted by atomic mass is 79.9. The summed E-state index contributed by atoms with van der Waals surface area (Å²) >= 11 is 0. The predicted octanol–water partition coefficient (Wildman–Crippen LogP) is -1.94. The number of rotatable bonds is 3. The van der Waals surface area contributed by atoms with Crippen molar-refractivity contribution in [1.82, 2.24) is 0 Å². The summed E-state index contributed by atoms with van der Waals surface area (Å²) in [5.41, 5.74) is 0. The standard InChI is InChI=1S/C12H14NO3.BrH/c1-10-13(7-8-15-10)9-12(14)16-11-5-3-2-4-6-11;/h2-6H,7-9H2,1H3;1H/q+1;/p-1. The molecule has 0 fully saturated rings. The monoisotopic (exact) mass is 299 g/mol. The fraction of sp³-hybridized carbons (Fsp3) is 0.333. The third-order valence-corrected chi connectivity index (χ3v) is 2.41. The van der Waals surface area contributed by atoms with Gasteiger partial charge in [-0.25, -0.2) is 4.79 Å². The van der Waals surface area contributed by atoms with E-state index in [2.05, 4.69) is 0 Å². The van der Waals surface area contributed by atoms with E-state index in [9.17, 15) is 4.79 Å². The van der Waals surface area contributed by atoms with E-state index in [1.807, 2.05) is 29.7 Å². The van der Waals surface area contributed by atoms with Gasteiger partial charge >= 0.3 is 11.9 Å². The van der Waals surface area contributed by atoms with Gasteiger partial charge in [-0.05, 0) is 12.1 Å². The van der Waals surface area contributed by atoms with E-state index in [0.717, 1.165) is 12.4 Å². The second-order valence-electron chi connectivity index (χ2n) is 3.58. The van der Waals surface area contributed by atoms with Gasteiger partial charge in [0.25, 0.3) is 0 Å². The molecule has 2 rings (SSSR count). The minimum absolute atomic E-state index is 0. The molecule has 0 bridgehead atoms. The minimum atomic E-state index is -0.268. The summed E-state index contributed by atoms with van der Waals surface area (Å²) in [7, 11) is 0. The van der Waals surface area contributed by atoms with Crippen molar-refractivity contribution >= 4 is 11.9 Å². The number of esters is 1. The molecule has 92 valence electrons. The Balaban J connectivity index is 0.00000144. The number of hydrogen-bond donors (Lipinski definition) is 0. The van der Waals surface area contributed by atoms with Crippen LogP contribution in [0.15, 0.2) is 30.3 Å². The number of para-hydroxylation sites is 1. The van der Waals surface area contributed by atoms with Crippen molar-refractivity contribution in [3.05, 3.63) is 30.3 Å². The largest absolute Gasteiger partial charge is 1.00 e. The fourth-order valence-corrected chi connectivity index (χ4v) is 1.55. The van der Waals surface area contributed by atoms with Gasteiger partial charge in [-0.15, -0.1) is 0 Å². The van der Waals surface area contributed by atoms with Gasteiger partial charge in [-0.1, -0.05) is 18.2 Å². The number of benzene rings is 1. The van der Waals surface area contributed by atoms with Gasteiger partial charge in [0.1, 0.15) is 5.75 Å². The average molecular weight is 300 g/mol. The Bertz CT molecular complexity index is 417. The molecule has 0 saturated heterocycles. The molecule has 1 aromatic carbocycles. The minimum Gasteiger partial charge on any atom is -1.00 e. The molecule has 1 aliphatic heterocycles. The van der Waals surface area contributed by atoms with E-state index in [0.29, 0.717) is 12.4 Å². The van der Waals surface area contributed by atoms with Crippen LogP contribution in [0.2, 0.25) is 0 Å². The quantitative estimate of drug-likeness (QED) is 0.370. The smallest absolute Gasteiger partial charge is 0.377 e. The van der Waals surface area contributed by atoms with Gasteiger partial charge in [-0.2, -0.15) is 4.58 Å². The molecule has 0 saturated carbocycles. The van der Waals surface area contributed by atoms with Crippen molar-refractivity contribution in [3.8, 4) is 5.75 Å². The van der Waals surface area contributed by atoms with Crippen molar-refractivity contribution in [2.45, 2.75) is 6.92 Å². The maximum atomic E-state index is 11.6. The number of ether oxygens (including phenoxy) is 2. The molecule has 0 amide bonds. The molecular weight excluding hydrogens is 286 g/mol. The maximum Gasteiger partial charge on any atom is 0.377 e. The van der Waals surface area contributed by atoms with Gasteiger partial charge in [0, 0.05) is 0 Å². The molecular formula is C12H14BrNO3. The van der Waals surface area contributed by atoms with Crippen LogP contribution in [0.1, 0.15) is 6.92 Å². The normalized spacial score (nSPS) is 13.9. The summed E-state index contributed by atoms with van der Waals surface area (Å²) in [5, 5.41) is 0. The molecule has 0 atom stereocenters. The Morgan fingerprint density at radius 3 is 2.71 bits per heavy atom. The molecule has 0 N–H and O–H groups in total.